The number of ether oxygens (including phenoxy) is 1. The molecule has 0 unspecified atom stereocenters. The first-order valence-corrected chi connectivity index (χ1v) is 30.0. The minimum absolute atomic E-state index is 0.841. The van der Waals surface area contributed by atoms with Gasteiger partial charge in [-0.25, -0.2) is 0 Å². The van der Waals surface area contributed by atoms with Crippen LogP contribution in [0.2, 0.25) is 0 Å². The number of anilines is 11. The summed E-state index contributed by atoms with van der Waals surface area (Å²) in [6, 6.07) is 102. The monoisotopic (exact) mass is 1140 g/mol. The first-order valence-electron chi connectivity index (χ1n) is 29.2. The van der Waals surface area contributed by atoms with Crippen molar-refractivity contribution in [3.05, 3.63) is 316 Å². The molecule has 0 aliphatic carbocycles. The third-order valence-corrected chi connectivity index (χ3v) is 17.0. The second kappa shape index (κ2) is 23.9. The van der Waals surface area contributed by atoms with Gasteiger partial charge in [0.2, 0.25) is 0 Å². The van der Waals surface area contributed by atoms with E-state index in [0.29, 0.717) is 0 Å². The number of nitrogens with one attached hydrogen (secondary N) is 3. The maximum absolute atomic E-state index is 6.16. The number of aromatic amines is 1. The fourth-order valence-electron chi connectivity index (χ4n) is 11.6. The van der Waals surface area contributed by atoms with Crippen LogP contribution < -0.4 is 30.1 Å². The molecule has 0 fully saturated rings. The summed E-state index contributed by atoms with van der Waals surface area (Å²) in [6.07, 6.45) is 4.02. The van der Waals surface area contributed by atoms with E-state index in [1.54, 1.807) is 11.8 Å². The predicted octanol–water partition coefficient (Wildman–Crippen LogP) is 22.3. The van der Waals surface area contributed by atoms with E-state index < -0.39 is 0 Å². The van der Waals surface area contributed by atoms with E-state index >= 15 is 0 Å². The van der Waals surface area contributed by atoms with E-state index in [9.17, 15) is 0 Å². The highest BCUT2D eigenvalue weighted by atomic mass is 32.2. The summed E-state index contributed by atoms with van der Waals surface area (Å²) < 4.78 is 8.46. The summed E-state index contributed by atoms with van der Waals surface area (Å²) in [6.45, 7) is 6.09. The van der Waals surface area contributed by atoms with E-state index in [2.05, 4.69) is 308 Å². The van der Waals surface area contributed by atoms with Crippen molar-refractivity contribution in [2.75, 3.05) is 32.4 Å². The van der Waals surface area contributed by atoms with Crippen LogP contribution in [-0.4, -0.2) is 16.6 Å². The fourth-order valence-corrected chi connectivity index (χ4v) is 12.6. The Morgan fingerprint density at radius 1 is 0.402 bits per heavy atom. The summed E-state index contributed by atoms with van der Waals surface area (Å²) in [5.74, 6) is 1.69. The standard InChI is InChI=1S/C36H27N3.C24H16N2O.C18H18N2S/c1-5-13-27(14-6-1)38(28-15-7-2-8-16-28)31-21-23-35-33(25-31)34-26-32(22-24-36(34)37-35)39(29-17-9-3-10-18-29)30-19-11-4-12-20-30;1-4-10-21-17(7-1)18-8-2-5-11-22(18)26(21)16-13-14-20-24(15-16)27-23-12-6-3-9-19(23)25-20;1-4-7-13(2)20(3)14-10-11-16-18(12-14)21-17-9-6-5-8-15(17)19-16/h1-26,37H;1-15,25H;4-12,19H,2H2,1,3H3/b;;7-4-. The Morgan fingerprint density at radius 3 is 1.41 bits per heavy atom. The number of hydrogen-bond acceptors (Lipinski definition) is 7. The lowest BCUT2D eigenvalue weighted by Crippen LogP contribution is -2.14. The number of likely N-dealkylation sites (N-methyl/N-ethyl adjacent to an activating group) is 1. The van der Waals surface area contributed by atoms with Crippen LogP contribution >= 0.6 is 11.8 Å². The average Bonchev–Trinajstić information content (AvgIpc) is 1.78. The SMILES string of the molecule is C=C(/C=C\C)N(C)c1ccc2c(c1)Sc1ccccc1N2.c1ccc(N(c2ccccc2)c2ccc3[nH]c4ccc(N(c5ccccc5)c5ccccc5)cc4c3c2)cc1.c1ccc2c(c1)Nc1ccc(-n3c4ccccc4c4ccccc43)cc1O2. The lowest BCUT2D eigenvalue weighted by molar-refractivity contribution is 0.481. The molecule has 4 heterocycles. The van der Waals surface area contributed by atoms with Gasteiger partial charge < -0.3 is 39.6 Å². The summed E-state index contributed by atoms with van der Waals surface area (Å²) >= 11 is 1.80. The average molecular weight is 1140 g/mol. The van der Waals surface area contributed by atoms with Gasteiger partial charge >= 0.3 is 0 Å². The van der Waals surface area contributed by atoms with Crippen LogP contribution in [0.1, 0.15) is 6.92 Å². The molecule has 0 spiro atoms. The highest BCUT2D eigenvalue weighted by molar-refractivity contribution is 7.99. The van der Waals surface area contributed by atoms with E-state index in [1.807, 2.05) is 50.4 Å². The zero-order chi connectivity index (χ0) is 58.6. The zero-order valence-electron chi connectivity index (χ0n) is 48.2. The number of H-pyrrole nitrogens is 1. The van der Waals surface area contributed by atoms with Crippen LogP contribution in [-0.2, 0) is 0 Å². The summed E-state index contributed by atoms with van der Waals surface area (Å²) in [7, 11) is 2.04. The minimum atomic E-state index is 0.841. The Hall–Kier alpha value is -11.1. The second-order valence-corrected chi connectivity index (χ2v) is 22.4. The van der Waals surface area contributed by atoms with E-state index in [4.69, 9.17) is 4.74 Å². The van der Waals surface area contributed by atoms with Gasteiger partial charge in [-0.1, -0.05) is 158 Å². The molecule has 0 saturated carbocycles. The van der Waals surface area contributed by atoms with Crippen molar-refractivity contribution in [3.63, 3.8) is 0 Å². The van der Waals surface area contributed by atoms with Crippen molar-refractivity contribution >= 4 is 118 Å². The predicted molar refractivity (Wildman–Crippen MR) is 368 cm³/mol. The maximum atomic E-state index is 6.16. The highest BCUT2D eigenvalue weighted by Crippen LogP contribution is 2.47. The number of aromatic nitrogens is 2. The Kier molecular flexibility index (Phi) is 14.8. The number of rotatable bonds is 10. The van der Waals surface area contributed by atoms with Crippen LogP contribution in [0.3, 0.4) is 0 Å². The number of fused-ring (bicyclic) bond motifs is 10. The van der Waals surface area contributed by atoms with Crippen molar-refractivity contribution < 1.29 is 4.74 Å². The summed E-state index contributed by atoms with van der Waals surface area (Å²) in [4.78, 5) is 12.8. The number of hydrogen-bond donors (Lipinski definition) is 3. The maximum Gasteiger partial charge on any atom is 0.153 e. The second-order valence-electron chi connectivity index (χ2n) is 21.3. The number of benzene rings is 12. The summed E-state index contributed by atoms with van der Waals surface area (Å²) in [5, 5.41) is 11.9. The van der Waals surface area contributed by atoms with Gasteiger partial charge in [-0.3, -0.25) is 0 Å². The molecular weight excluding hydrogens is 1080 g/mol. The molecule has 14 aromatic rings. The number of nitrogens with zero attached hydrogens (tertiary/aromatic N) is 4. The Morgan fingerprint density at radius 2 is 0.851 bits per heavy atom. The van der Waals surface area contributed by atoms with Gasteiger partial charge in [0.05, 0.1) is 39.5 Å². The van der Waals surface area contributed by atoms with Gasteiger partial charge in [0, 0.05) is 101 Å². The molecule has 2 aliphatic rings. The first kappa shape index (κ1) is 53.8. The van der Waals surface area contributed by atoms with Crippen LogP contribution in [0.4, 0.5) is 62.6 Å². The van der Waals surface area contributed by atoms with Crippen LogP contribution in [0.25, 0.3) is 49.3 Å². The van der Waals surface area contributed by atoms with Crippen molar-refractivity contribution in [3.8, 4) is 17.2 Å². The largest absolute Gasteiger partial charge is 0.453 e. The van der Waals surface area contributed by atoms with E-state index in [0.717, 1.165) is 90.8 Å². The van der Waals surface area contributed by atoms with Gasteiger partial charge in [0.25, 0.3) is 0 Å². The first-order chi connectivity index (χ1) is 42.9. The lowest BCUT2D eigenvalue weighted by atomic mass is 10.1. The zero-order valence-corrected chi connectivity index (χ0v) is 49.0. The van der Waals surface area contributed by atoms with E-state index in [1.165, 1.54) is 48.1 Å². The molecule has 0 bridgehead atoms. The van der Waals surface area contributed by atoms with Crippen LogP contribution in [0.5, 0.6) is 11.5 Å². The molecule has 0 radical (unpaired) electrons. The molecule has 2 aliphatic heterocycles. The molecule has 12 aromatic carbocycles. The molecular formula is C78H61N7OS. The van der Waals surface area contributed by atoms with Gasteiger partial charge in [-0.2, -0.15) is 0 Å². The Bertz CT molecular complexity index is 4560. The van der Waals surface area contributed by atoms with Gasteiger partial charge in [-0.15, -0.1) is 0 Å². The van der Waals surface area contributed by atoms with Crippen molar-refractivity contribution in [2.45, 2.75) is 16.7 Å². The Balaban J connectivity index is 0.000000121. The van der Waals surface area contributed by atoms with Crippen molar-refractivity contribution in [1.82, 2.24) is 9.55 Å². The van der Waals surface area contributed by atoms with Crippen LogP contribution in [0, 0.1) is 0 Å². The lowest BCUT2D eigenvalue weighted by Gasteiger charge is -2.26. The normalized spacial score (nSPS) is 11.8. The van der Waals surface area contributed by atoms with Gasteiger partial charge in [-0.05, 0) is 165 Å². The van der Waals surface area contributed by atoms with E-state index in [-0.39, 0.29) is 0 Å². The molecule has 16 rings (SSSR count). The molecule has 3 N–H and O–H groups in total. The third kappa shape index (κ3) is 10.8. The molecule has 2 aromatic heterocycles. The third-order valence-electron chi connectivity index (χ3n) is 15.8. The van der Waals surface area contributed by atoms with Gasteiger partial charge in [0.15, 0.2) is 11.5 Å². The summed E-state index contributed by atoms with van der Waals surface area (Å²) in [5.41, 5.74) is 18.9. The van der Waals surface area contributed by atoms with Crippen LogP contribution in [0.15, 0.2) is 325 Å². The molecule has 0 atom stereocenters. The highest BCUT2D eigenvalue weighted by Gasteiger charge is 2.21. The topological polar surface area (TPSA) is 63.7 Å². The number of para-hydroxylation sites is 9. The minimum Gasteiger partial charge on any atom is -0.453 e. The number of allylic oxidation sites excluding steroid dienone is 2. The molecule has 0 amide bonds. The molecule has 0 saturated heterocycles. The molecule has 87 heavy (non-hydrogen) atoms. The van der Waals surface area contributed by atoms with Gasteiger partial charge in [0.1, 0.15) is 0 Å². The smallest absolute Gasteiger partial charge is 0.153 e. The quantitative estimate of drug-likeness (QED) is 0.118. The van der Waals surface area contributed by atoms with Crippen molar-refractivity contribution in [1.29, 1.82) is 0 Å². The molecule has 8 nitrogen and oxygen atoms in total. The molecule has 420 valence electrons. The Labute approximate surface area is 511 Å². The molecule has 9 heteroatoms. The fraction of sp³-hybridized carbons (Fsp3) is 0.0256. The van der Waals surface area contributed by atoms with Crippen molar-refractivity contribution in [2.24, 2.45) is 0 Å².